The average Bonchev–Trinajstić information content (AvgIpc) is 3.64. The van der Waals surface area contributed by atoms with Crippen molar-refractivity contribution in [3.05, 3.63) is 53.1 Å². The molecule has 0 atom stereocenters. The standard InChI is InChI=1S/C26H27F6N3O4/c1-14-34-19-12-21(39-26(30,31)32)20(38-10-9-37-16-7-8-16)11-17(19)23(35-14)33-13-15-5-4-6-18(22(15)27)25(28,29)24(2,3)36/h4-6,11-12,16,36H,7-10,13H2,1-3H3,(H,33,34,35). The lowest BCUT2D eigenvalue weighted by molar-refractivity contribution is -0.275. The van der Waals surface area contributed by atoms with E-state index in [1.807, 2.05) is 0 Å². The van der Waals surface area contributed by atoms with E-state index >= 15 is 4.39 Å². The van der Waals surface area contributed by atoms with Crippen molar-refractivity contribution in [2.24, 2.45) is 0 Å². The van der Waals surface area contributed by atoms with Gasteiger partial charge in [0, 0.05) is 23.6 Å². The first-order valence-electron chi connectivity index (χ1n) is 12.1. The molecule has 1 fully saturated rings. The van der Waals surface area contributed by atoms with Crippen LogP contribution in [0.4, 0.5) is 32.2 Å². The minimum atomic E-state index is -4.99. The number of aryl methyl sites for hydroxylation is 1. The molecule has 1 aliphatic rings. The van der Waals surface area contributed by atoms with Crippen molar-refractivity contribution in [2.45, 2.75) is 64.1 Å². The number of hydrogen-bond donors (Lipinski definition) is 2. The van der Waals surface area contributed by atoms with Gasteiger partial charge in [0.1, 0.15) is 29.7 Å². The lowest BCUT2D eigenvalue weighted by atomic mass is 9.92. The van der Waals surface area contributed by atoms with E-state index in [-0.39, 0.29) is 59.7 Å². The van der Waals surface area contributed by atoms with Crippen molar-refractivity contribution in [2.75, 3.05) is 18.5 Å². The van der Waals surface area contributed by atoms with Gasteiger partial charge in [0.15, 0.2) is 11.5 Å². The van der Waals surface area contributed by atoms with Gasteiger partial charge < -0.3 is 24.6 Å². The van der Waals surface area contributed by atoms with Crippen LogP contribution in [0.25, 0.3) is 10.9 Å². The molecule has 0 amide bonds. The number of aliphatic hydroxyl groups is 1. The Hall–Kier alpha value is -3.32. The van der Waals surface area contributed by atoms with E-state index < -0.39 is 35.0 Å². The zero-order chi connectivity index (χ0) is 28.6. The first-order valence-corrected chi connectivity index (χ1v) is 12.1. The monoisotopic (exact) mass is 559 g/mol. The Labute approximate surface area is 220 Å². The van der Waals surface area contributed by atoms with Gasteiger partial charge in [0.2, 0.25) is 0 Å². The smallest absolute Gasteiger partial charge is 0.487 e. The molecule has 0 unspecified atom stereocenters. The number of fused-ring (bicyclic) bond motifs is 1. The first-order chi connectivity index (χ1) is 18.2. The van der Waals surface area contributed by atoms with Crippen LogP contribution in [-0.2, 0) is 17.2 Å². The van der Waals surface area contributed by atoms with Gasteiger partial charge in [-0.2, -0.15) is 8.78 Å². The number of halogens is 6. The van der Waals surface area contributed by atoms with Gasteiger partial charge in [-0.05, 0) is 45.7 Å². The molecule has 212 valence electrons. The van der Waals surface area contributed by atoms with Crippen molar-refractivity contribution in [3.63, 3.8) is 0 Å². The highest BCUT2D eigenvalue weighted by Gasteiger charge is 2.49. The van der Waals surface area contributed by atoms with Crippen molar-refractivity contribution in [1.29, 1.82) is 0 Å². The Morgan fingerprint density at radius 1 is 1.03 bits per heavy atom. The van der Waals surface area contributed by atoms with Crippen LogP contribution >= 0.6 is 0 Å². The predicted octanol–water partition coefficient (Wildman–Crippen LogP) is 6.01. The summed E-state index contributed by atoms with van der Waals surface area (Å²) >= 11 is 0. The first kappa shape index (κ1) is 28.7. The maximum absolute atomic E-state index is 15.1. The SMILES string of the molecule is Cc1nc(NCc2cccc(C(F)(F)C(C)(C)O)c2F)c2cc(OCCOC3CC3)c(OC(F)(F)F)cc2n1. The number of rotatable bonds is 11. The minimum Gasteiger partial charge on any atom is -0.487 e. The van der Waals surface area contributed by atoms with E-state index in [2.05, 4.69) is 20.0 Å². The number of nitrogens with one attached hydrogen (secondary N) is 1. The number of nitrogens with zero attached hydrogens (tertiary/aromatic N) is 2. The molecule has 1 aliphatic carbocycles. The van der Waals surface area contributed by atoms with E-state index in [1.54, 1.807) is 0 Å². The Morgan fingerprint density at radius 3 is 2.38 bits per heavy atom. The molecule has 3 aromatic rings. The molecule has 1 saturated carbocycles. The molecule has 0 aliphatic heterocycles. The van der Waals surface area contributed by atoms with Crippen LogP contribution in [0.3, 0.4) is 0 Å². The molecule has 1 aromatic heterocycles. The third-order valence-electron chi connectivity index (χ3n) is 5.95. The quantitative estimate of drug-likeness (QED) is 0.220. The maximum atomic E-state index is 15.1. The second kappa shape index (κ2) is 10.7. The molecule has 2 aromatic carbocycles. The van der Waals surface area contributed by atoms with E-state index in [9.17, 15) is 27.1 Å². The third-order valence-corrected chi connectivity index (χ3v) is 5.95. The van der Waals surface area contributed by atoms with Crippen LogP contribution in [0.2, 0.25) is 0 Å². The van der Waals surface area contributed by atoms with Crippen LogP contribution in [0.5, 0.6) is 11.5 Å². The van der Waals surface area contributed by atoms with Crippen molar-refractivity contribution >= 4 is 16.7 Å². The summed E-state index contributed by atoms with van der Waals surface area (Å²) in [5.74, 6) is -5.67. The molecule has 2 N–H and O–H groups in total. The van der Waals surface area contributed by atoms with Crippen LogP contribution in [0, 0.1) is 12.7 Å². The van der Waals surface area contributed by atoms with Gasteiger partial charge >= 0.3 is 12.3 Å². The number of benzene rings is 2. The van der Waals surface area contributed by atoms with Gasteiger partial charge in [-0.3, -0.25) is 0 Å². The lowest BCUT2D eigenvalue weighted by Gasteiger charge is -2.30. The molecule has 39 heavy (non-hydrogen) atoms. The van der Waals surface area contributed by atoms with Crippen molar-refractivity contribution in [3.8, 4) is 11.5 Å². The predicted molar refractivity (Wildman–Crippen MR) is 129 cm³/mol. The summed E-state index contributed by atoms with van der Waals surface area (Å²) in [6.45, 7) is 3.07. The Morgan fingerprint density at radius 2 is 1.74 bits per heavy atom. The van der Waals surface area contributed by atoms with Gasteiger partial charge in [-0.15, -0.1) is 13.2 Å². The fraction of sp³-hybridized carbons (Fsp3) is 0.462. The Bertz CT molecular complexity index is 1340. The van der Waals surface area contributed by atoms with Crippen molar-refractivity contribution < 1.29 is 45.7 Å². The van der Waals surface area contributed by atoms with E-state index in [0.29, 0.717) is 0 Å². The van der Waals surface area contributed by atoms with Gasteiger partial charge in [0.25, 0.3) is 0 Å². The van der Waals surface area contributed by atoms with E-state index in [1.165, 1.54) is 25.1 Å². The highest BCUT2D eigenvalue weighted by Crippen LogP contribution is 2.41. The maximum Gasteiger partial charge on any atom is 0.573 e. The second-order valence-electron chi connectivity index (χ2n) is 9.67. The van der Waals surface area contributed by atoms with Gasteiger partial charge in [-0.1, -0.05) is 12.1 Å². The summed E-state index contributed by atoms with van der Waals surface area (Å²) in [5.41, 5.74) is -3.56. The number of aromatic nitrogens is 2. The van der Waals surface area contributed by atoms with Crippen LogP contribution in [0.15, 0.2) is 30.3 Å². The van der Waals surface area contributed by atoms with Crippen molar-refractivity contribution in [1.82, 2.24) is 9.97 Å². The summed E-state index contributed by atoms with van der Waals surface area (Å²) in [7, 11) is 0. The normalized spacial score (nSPS) is 14.5. The van der Waals surface area contributed by atoms with Crippen LogP contribution in [0.1, 0.15) is 43.6 Å². The zero-order valence-corrected chi connectivity index (χ0v) is 21.3. The molecule has 1 heterocycles. The summed E-state index contributed by atoms with van der Waals surface area (Å²) < 4.78 is 98.7. The summed E-state index contributed by atoms with van der Waals surface area (Å²) in [6.07, 6.45) is -3.02. The lowest BCUT2D eigenvalue weighted by Crippen LogP contribution is -2.41. The fourth-order valence-electron chi connectivity index (χ4n) is 3.77. The Kier molecular flexibility index (Phi) is 7.86. The van der Waals surface area contributed by atoms with Gasteiger partial charge in [0.05, 0.1) is 23.8 Å². The van der Waals surface area contributed by atoms with E-state index in [4.69, 9.17) is 9.47 Å². The molecular formula is C26H27F6N3O4. The highest BCUT2D eigenvalue weighted by atomic mass is 19.4. The summed E-state index contributed by atoms with van der Waals surface area (Å²) in [5, 5.41) is 12.9. The second-order valence-corrected chi connectivity index (χ2v) is 9.67. The molecule has 7 nitrogen and oxygen atoms in total. The third kappa shape index (κ3) is 6.82. The molecule has 13 heteroatoms. The largest absolute Gasteiger partial charge is 0.573 e. The molecular weight excluding hydrogens is 532 g/mol. The number of hydrogen-bond acceptors (Lipinski definition) is 7. The number of alkyl halides is 5. The molecule has 4 rings (SSSR count). The highest BCUT2D eigenvalue weighted by molar-refractivity contribution is 5.91. The molecule has 0 bridgehead atoms. The topological polar surface area (TPSA) is 85.7 Å². The number of anilines is 1. The molecule has 0 radical (unpaired) electrons. The average molecular weight is 560 g/mol. The van der Waals surface area contributed by atoms with E-state index in [0.717, 1.165) is 38.8 Å². The van der Waals surface area contributed by atoms with Crippen LogP contribution < -0.4 is 14.8 Å². The van der Waals surface area contributed by atoms with Crippen LogP contribution in [-0.4, -0.2) is 46.4 Å². The fourth-order valence-corrected chi connectivity index (χ4v) is 3.77. The molecule has 0 saturated heterocycles. The van der Waals surface area contributed by atoms with Gasteiger partial charge in [-0.25, -0.2) is 14.4 Å². The molecule has 0 spiro atoms. The number of ether oxygens (including phenoxy) is 3. The summed E-state index contributed by atoms with van der Waals surface area (Å²) in [4.78, 5) is 8.42. The minimum absolute atomic E-state index is 0.0425. The summed E-state index contributed by atoms with van der Waals surface area (Å²) in [6, 6.07) is 5.70. The zero-order valence-electron chi connectivity index (χ0n) is 21.3. The Balaban J connectivity index is 1.65.